The van der Waals surface area contributed by atoms with E-state index in [1.807, 2.05) is 18.1 Å². The number of amides is 1. The smallest absolute Gasteiger partial charge is 0.210 e. The average molecular weight is 459 g/mol. The fourth-order valence-corrected chi connectivity index (χ4v) is 4.47. The molecule has 2 unspecified atom stereocenters. The van der Waals surface area contributed by atoms with Crippen LogP contribution in [0.1, 0.15) is 44.2 Å². The molecule has 2 N–H and O–H groups in total. The summed E-state index contributed by atoms with van der Waals surface area (Å²) in [5, 5.41) is 5.04. The fourth-order valence-electron chi connectivity index (χ4n) is 4.47. The van der Waals surface area contributed by atoms with Crippen molar-refractivity contribution in [3.05, 3.63) is 84.3 Å². The van der Waals surface area contributed by atoms with Crippen LogP contribution in [0.15, 0.2) is 73.2 Å². The highest BCUT2D eigenvalue weighted by Crippen LogP contribution is 2.29. The Labute approximate surface area is 202 Å². The van der Waals surface area contributed by atoms with Gasteiger partial charge in [0.15, 0.2) is 0 Å². The van der Waals surface area contributed by atoms with E-state index in [1.165, 1.54) is 22.3 Å². The van der Waals surface area contributed by atoms with Gasteiger partial charge in [-0.25, -0.2) is 10.5 Å². The van der Waals surface area contributed by atoms with E-state index in [-0.39, 0.29) is 6.04 Å². The lowest BCUT2D eigenvalue weighted by Gasteiger charge is -2.23. The van der Waals surface area contributed by atoms with Crippen LogP contribution in [-0.4, -0.2) is 36.0 Å². The van der Waals surface area contributed by atoms with Gasteiger partial charge in [0.1, 0.15) is 0 Å². The van der Waals surface area contributed by atoms with Gasteiger partial charge in [0.25, 0.3) is 0 Å². The molecule has 0 aromatic heterocycles. The molecular formula is C28H34N4O2. The van der Waals surface area contributed by atoms with Gasteiger partial charge >= 0.3 is 0 Å². The molecule has 1 fully saturated rings. The van der Waals surface area contributed by atoms with Crippen molar-refractivity contribution < 1.29 is 9.73 Å². The van der Waals surface area contributed by atoms with E-state index in [9.17, 15) is 4.79 Å². The normalized spacial score (nSPS) is 19.0. The molecule has 2 aromatic carbocycles. The number of carbonyl (C=O) groups is 1. The zero-order valence-corrected chi connectivity index (χ0v) is 20.3. The second kappa shape index (κ2) is 10.6. The lowest BCUT2D eigenvalue weighted by atomic mass is 9.91. The van der Waals surface area contributed by atoms with Gasteiger partial charge in [0, 0.05) is 31.1 Å². The van der Waals surface area contributed by atoms with Crippen LogP contribution in [-0.2, 0) is 9.73 Å². The minimum absolute atomic E-state index is 0.0689. The van der Waals surface area contributed by atoms with Crippen molar-refractivity contribution in [2.45, 2.75) is 39.2 Å². The molecule has 1 amide bonds. The lowest BCUT2D eigenvalue weighted by molar-refractivity contribution is -0.121. The lowest BCUT2D eigenvalue weighted by Crippen LogP contribution is -2.33. The highest BCUT2D eigenvalue weighted by molar-refractivity contribution is 5.73. The van der Waals surface area contributed by atoms with E-state index in [2.05, 4.69) is 86.0 Å². The van der Waals surface area contributed by atoms with Gasteiger partial charge in [0.05, 0.1) is 17.9 Å². The number of nitrogens with one attached hydrogen (secondary N) is 2. The van der Waals surface area contributed by atoms with Crippen molar-refractivity contribution in [1.82, 2.24) is 20.8 Å². The number of allylic oxidation sites excluding steroid dienone is 1. The Bertz CT molecular complexity index is 1070. The van der Waals surface area contributed by atoms with Crippen LogP contribution in [0.4, 0.5) is 0 Å². The number of hydroxylamine groups is 3. The predicted octanol–water partition coefficient (Wildman–Crippen LogP) is 5.14. The standard InChI is InChI=1S/C28H34N4O2/c1-5-20(2)26(17-29-21(3)28-7-6-16-32(28)19-33)24-12-8-22(9-13-24)23-10-14-25(15-11-23)27-18-31(4)34-30-27/h8-15,17-20,28-30H,3,5-7,16H2,1-2,4H3/b26-17+. The van der Waals surface area contributed by atoms with Crippen LogP contribution in [0.2, 0.25) is 0 Å². The van der Waals surface area contributed by atoms with Crippen molar-refractivity contribution in [3.8, 4) is 11.1 Å². The van der Waals surface area contributed by atoms with Crippen LogP contribution in [0.25, 0.3) is 22.4 Å². The third-order valence-electron chi connectivity index (χ3n) is 6.75. The fraction of sp³-hybridized carbons (Fsp3) is 0.321. The molecule has 2 aromatic rings. The Balaban J connectivity index is 1.49. The summed E-state index contributed by atoms with van der Waals surface area (Å²) in [6, 6.07) is 17.2. The largest absolute Gasteiger partial charge is 0.363 e. The first-order chi connectivity index (χ1) is 16.5. The third-order valence-corrected chi connectivity index (χ3v) is 6.75. The zero-order valence-electron chi connectivity index (χ0n) is 20.3. The van der Waals surface area contributed by atoms with Crippen molar-refractivity contribution in [2.24, 2.45) is 5.92 Å². The van der Waals surface area contributed by atoms with Crippen molar-refractivity contribution in [2.75, 3.05) is 13.6 Å². The van der Waals surface area contributed by atoms with Crippen molar-refractivity contribution >= 4 is 17.7 Å². The summed E-state index contributed by atoms with van der Waals surface area (Å²) in [7, 11) is 1.85. The van der Waals surface area contributed by atoms with E-state index in [0.717, 1.165) is 49.2 Å². The minimum Gasteiger partial charge on any atom is -0.363 e. The first kappa shape index (κ1) is 23.6. The molecule has 6 nitrogen and oxygen atoms in total. The maximum Gasteiger partial charge on any atom is 0.210 e. The quantitative estimate of drug-likeness (QED) is 0.510. The molecule has 0 saturated carbocycles. The number of likely N-dealkylation sites (tertiary alicyclic amines) is 1. The Morgan fingerprint density at radius 3 is 2.41 bits per heavy atom. The summed E-state index contributed by atoms with van der Waals surface area (Å²) in [5.41, 5.74) is 10.6. The van der Waals surface area contributed by atoms with Crippen LogP contribution in [0.5, 0.6) is 0 Å². The van der Waals surface area contributed by atoms with Gasteiger partial charge in [-0.05, 0) is 47.4 Å². The molecule has 2 heterocycles. The molecular weight excluding hydrogens is 424 g/mol. The maximum atomic E-state index is 11.3. The van der Waals surface area contributed by atoms with E-state index in [4.69, 9.17) is 4.94 Å². The molecule has 4 rings (SSSR count). The van der Waals surface area contributed by atoms with Gasteiger partial charge in [0.2, 0.25) is 6.41 Å². The van der Waals surface area contributed by atoms with E-state index < -0.39 is 0 Å². The van der Waals surface area contributed by atoms with E-state index in [1.54, 1.807) is 5.06 Å². The number of hydrogen-bond donors (Lipinski definition) is 2. The number of nitrogens with zero attached hydrogens (tertiary/aromatic N) is 2. The number of rotatable bonds is 9. The summed E-state index contributed by atoms with van der Waals surface area (Å²) in [5.74, 6) is 0.392. The monoisotopic (exact) mass is 458 g/mol. The Hall–Kier alpha value is -3.51. The molecule has 0 aliphatic carbocycles. The first-order valence-corrected chi connectivity index (χ1v) is 12.0. The summed E-state index contributed by atoms with van der Waals surface area (Å²) < 4.78 is 0. The molecule has 6 heteroatoms. The molecule has 34 heavy (non-hydrogen) atoms. The summed E-state index contributed by atoms with van der Waals surface area (Å²) in [6.45, 7) is 9.45. The second-order valence-electron chi connectivity index (χ2n) is 9.02. The second-order valence-corrected chi connectivity index (χ2v) is 9.02. The highest BCUT2D eigenvalue weighted by Gasteiger charge is 2.25. The average Bonchev–Trinajstić information content (AvgIpc) is 3.53. The number of benzene rings is 2. The topological polar surface area (TPSA) is 56.8 Å². The van der Waals surface area contributed by atoms with Crippen LogP contribution < -0.4 is 10.8 Å². The van der Waals surface area contributed by atoms with Gasteiger partial charge in [-0.15, -0.1) is 0 Å². The Morgan fingerprint density at radius 1 is 1.18 bits per heavy atom. The first-order valence-electron chi connectivity index (χ1n) is 12.0. The highest BCUT2D eigenvalue weighted by atomic mass is 16.8. The van der Waals surface area contributed by atoms with Crippen LogP contribution in [0, 0.1) is 5.92 Å². The van der Waals surface area contributed by atoms with Gasteiger partial charge in [-0.1, -0.05) is 69.0 Å². The SMILES string of the molecule is C=C(N/C=C(/c1ccc(-c2ccc(C3=CN(C)ON3)cc2)cc1)C(C)CC)C1CCCN1C=O. The number of hydrogen-bond acceptors (Lipinski definition) is 5. The van der Waals surface area contributed by atoms with Crippen molar-refractivity contribution in [3.63, 3.8) is 0 Å². The molecule has 2 atom stereocenters. The summed E-state index contributed by atoms with van der Waals surface area (Å²) in [6.07, 6.45) is 7.94. The van der Waals surface area contributed by atoms with E-state index in [0.29, 0.717) is 5.92 Å². The van der Waals surface area contributed by atoms with Gasteiger partial charge in [-0.2, -0.15) is 4.94 Å². The molecule has 0 radical (unpaired) electrons. The Kier molecular flexibility index (Phi) is 7.38. The molecule has 1 saturated heterocycles. The van der Waals surface area contributed by atoms with Crippen molar-refractivity contribution in [1.29, 1.82) is 0 Å². The van der Waals surface area contributed by atoms with Gasteiger partial charge < -0.3 is 10.2 Å². The van der Waals surface area contributed by atoms with E-state index >= 15 is 0 Å². The molecule has 0 bridgehead atoms. The predicted molar refractivity (Wildman–Crippen MR) is 137 cm³/mol. The zero-order chi connectivity index (χ0) is 24.1. The van der Waals surface area contributed by atoms with Gasteiger partial charge in [-0.3, -0.25) is 4.79 Å². The summed E-state index contributed by atoms with van der Waals surface area (Å²) >= 11 is 0. The molecule has 2 aliphatic heterocycles. The third kappa shape index (κ3) is 5.18. The van der Waals surface area contributed by atoms with Crippen LogP contribution >= 0.6 is 0 Å². The Morgan fingerprint density at radius 2 is 1.82 bits per heavy atom. The van der Waals surface area contributed by atoms with Crippen LogP contribution in [0.3, 0.4) is 0 Å². The molecule has 2 aliphatic rings. The number of carbonyl (C=O) groups excluding carboxylic acids is 1. The molecule has 178 valence electrons. The maximum absolute atomic E-state index is 11.3. The minimum atomic E-state index is 0.0689. The molecule has 0 spiro atoms. The summed E-state index contributed by atoms with van der Waals surface area (Å²) in [4.78, 5) is 18.4.